The lowest BCUT2D eigenvalue weighted by atomic mass is 10.0. The molecular formula is C13H15NOS. The van der Waals surface area contributed by atoms with Crippen LogP contribution in [-0.4, -0.2) is 22.1 Å². The summed E-state index contributed by atoms with van der Waals surface area (Å²) < 4.78 is 0. The van der Waals surface area contributed by atoms with Crippen LogP contribution in [0.4, 0.5) is 0 Å². The van der Waals surface area contributed by atoms with Gasteiger partial charge in [0.05, 0.1) is 6.10 Å². The van der Waals surface area contributed by atoms with E-state index in [4.69, 9.17) is 0 Å². The predicted octanol–water partition coefficient (Wildman–Crippen LogP) is 3.02. The quantitative estimate of drug-likeness (QED) is 0.881. The van der Waals surface area contributed by atoms with Crippen molar-refractivity contribution in [3.63, 3.8) is 0 Å². The van der Waals surface area contributed by atoms with Crippen LogP contribution in [0.2, 0.25) is 0 Å². The average Bonchev–Trinajstić information content (AvgIpc) is 2.35. The highest BCUT2D eigenvalue weighted by Crippen LogP contribution is 2.26. The molecule has 0 bridgehead atoms. The number of fused-ring (bicyclic) bond motifs is 1. The zero-order valence-corrected chi connectivity index (χ0v) is 10.1. The Kier molecular flexibility index (Phi) is 3.80. The molecule has 0 spiro atoms. The summed E-state index contributed by atoms with van der Waals surface area (Å²) in [6.07, 6.45) is 6.08. The number of aromatic nitrogens is 1. The molecule has 1 aromatic carbocycles. The largest absolute Gasteiger partial charge is 0.388 e. The van der Waals surface area contributed by atoms with Crippen molar-refractivity contribution in [1.29, 1.82) is 0 Å². The molecule has 2 aromatic rings. The highest BCUT2D eigenvalue weighted by atomic mass is 32.2. The van der Waals surface area contributed by atoms with Crippen LogP contribution in [0.15, 0.2) is 36.7 Å². The molecule has 84 valence electrons. The smallest absolute Gasteiger partial charge is 0.0803 e. The third-order valence-corrected chi connectivity index (χ3v) is 3.31. The van der Waals surface area contributed by atoms with Gasteiger partial charge < -0.3 is 5.11 Å². The Balaban J connectivity index is 2.36. The fourth-order valence-electron chi connectivity index (χ4n) is 1.82. The first-order valence-corrected chi connectivity index (χ1v) is 6.72. The lowest BCUT2D eigenvalue weighted by molar-refractivity contribution is 0.176. The number of pyridine rings is 1. The van der Waals surface area contributed by atoms with Crippen molar-refractivity contribution in [1.82, 2.24) is 4.98 Å². The lowest BCUT2D eigenvalue weighted by Gasteiger charge is -2.12. The highest BCUT2D eigenvalue weighted by Gasteiger charge is 2.10. The number of rotatable bonds is 4. The van der Waals surface area contributed by atoms with Gasteiger partial charge in [0.1, 0.15) is 0 Å². The third-order valence-electron chi connectivity index (χ3n) is 2.67. The van der Waals surface area contributed by atoms with Crippen LogP contribution in [0.1, 0.15) is 18.1 Å². The summed E-state index contributed by atoms with van der Waals surface area (Å²) in [5.74, 6) is 0.975. The molecule has 0 radical (unpaired) electrons. The second-order valence-corrected chi connectivity index (χ2v) is 4.73. The van der Waals surface area contributed by atoms with E-state index in [2.05, 4.69) is 11.2 Å². The van der Waals surface area contributed by atoms with Crippen molar-refractivity contribution in [2.75, 3.05) is 12.0 Å². The van der Waals surface area contributed by atoms with Crippen molar-refractivity contribution in [2.24, 2.45) is 0 Å². The fourth-order valence-corrected chi connectivity index (χ4v) is 2.28. The minimum atomic E-state index is -0.376. The standard InChI is InChI=1S/C13H15NOS/c1-16-8-6-13(15)12-4-2-3-10-9-14-7-5-11(10)12/h2-5,7,9,13,15H,6,8H2,1H3. The first-order valence-electron chi connectivity index (χ1n) is 5.32. The molecule has 1 atom stereocenters. The van der Waals surface area contributed by atoms with Gasteiger partial charge in [-0.1, -0.05) is 18.2 Å². The van der Waals surface area contributed by atoms with Gasteiger partial charge in [-0.2, -0.15) is 11.8 Å². The lowest BCUT2D eigenvalue weighted by Crippen LogP contribution is -1.99. The van der Waals surface area contributed by atoms with Crippen molar-refractivity contribution in [3.8, 4) is 0 Å². The number of benzene rings is 1. The van der Waals surface area contributed by atoms with E-state index in [1.807, 2.05) is 30.5 Å². The molecule has 0 saturated carbocycles. The van der Waals surface area contributed by atoms with E-state index >= 15 is 0 Å². The number of thioether (sulfide) groups is 1. The van der Waals surface area contributed by atoms with Crippen LogP contribution in [0, 0.1) is 0 Å². The minimum Gasteiger partial charge on any atom is -0.388 e. The average molecular weight is 233 g/mol. The van der Waals surface area contributed by atoms with Crippen LogP contribution in [0.25, 0.3) is 10.8 Å². The molecule has 1 aromatic heterocycles. The Bertz CT molecular complexity index is 467. The summed E-state index contributed by atoms with van der Waals surface area (Å²) in [5.41, 5.74) is 1.01. The number of aliphatic hydroxyl groups is 1. The van der Waals surface area contributed by atoms with E-state index in [1.165, 1.54) is 0 Å². The third kappa shape index (κ3) is 2.36. The van der Waals surface area contributed by atoms with Crippen LogP contribution in [-0.2, 0) is 0 Å². The topological polar surface area (TPSA) is 33.1 Å². The van der Waals surface area contributed by atoms with E-state index in [1.54, 1.807) is 18.0 Å². The number of hydrogen-bond donors (Lipinski definition) is 1. The van der Waals surface area contributed by atoms with Crippen LogP contribution in [0.3, 0.4) is 0 Å². The van der Waals surface area contributed by atoms with Gasteiger partial charge in [-0.05, 0) is 35.4 Å². The highest BCUT2D eigenvalue weighted by molar-refractivity contribution is 7.98. The van der Waals surface area contributed by atoms with E-state index in [-0.39, 0.29) is 6.10 Å². The van der Waals surface area contributed by atoms with E-state index in [9.17, 15) is 5.11 Å². The van der Waals surface area contributed by atoms with Gasteiger partial charge in [-0.15, -0.1) is 0 Å². The van der Waals surface area contributed by atoms with Crippen molar-refractivity contribution in [2.45, 2.75) is 12.5 Å². The summed E-state index contributed by atoms with van der Waals surface area (Å²) in [5, 5.41) is 12.3. The van der Waals surface area contributed by atoms with Crippen molar-refractivity contribution < 1.29 is 5.11 Å². The number of hydrogen-bond acceptors (Lipinski definition) is 3. The maximum atomic E-state index is 10.1. The number of nitrogens with zero attached hydrogens (tertiary/aromatic N) is 1. The van der Waals surface area contributed by atoms with Gasteiger partial charge in [-0.25, -0.2) is 0 Å². The molecule has 2 nitrogen and oxygen atoms in total. The van der Waals surface area contributed by atoms with Gasteiger partial charge in [0, 0.05) is 17.8 Å². The summed E-state index contributed by atoms with van der Waals surface area (Å²) in [6, 6.07) is 7.95. The predicted molar refractivity (Wildman–Crippen MR) is 69.7 cm³/mol. The summed E-state index contributed by atoms with van der Waals surface area (Å²) >= 11 is 1.76. The molecule has 0 aliphatic heterocycles. The van der Waals surface area contributed by atoms with Gasteiger partial charge in [-0.3, -0.25) is 4.98 Å². The second kappa shape index (κ2) is 5.32. The maximum Gasteiger partial charge on any atom is 0.0803 e. The first-order chi connectivity index (χ1) is 7.83. The maximum absolute atomic E-state index is 10.1. The van der Waals surface area contributed by atoms with Gasteiger partial charge >= 0.3 is 0 Å². The zero-order valence-electron chi connectivity index (χ0n) is 9.26. The van der Waals surface area contributed by atoms with Crippen molar-refractivity contribution in [3.05, 3.63) is 42.2 Å². The molecule has 0 fully saturated rings. The zero-order chi connectivity index (χ0) is 11.4. The molecule has 1 unspecified atom stereocenters. The Morgan fingerprint density at radius 3 is 3.06 bits per heavy atom. The molecule has 0 aliphatic carbocycles. The first kappa shape index (κ1) is 11.4. The summed E-state index contributed by atoms with van der Waals surface area (Å²) in [6.45, 7) is 0. The van der Waals surface area contributed by atoms with E-state index < -0.39 is 0 Å². The van der Waals surface area contributed by atoms with Crippen LogP contribution in [0.5, 0.6) is 0 Å². The number of aliphatic hydroxyl groups excluding tert-OH is 1. The molecule has 1 heterocycles. The molecule has 0 saturated heterocycles. The van der Waals surface area contributed by atoms with Crippen LogP contribution < -0.4 is 0 Å². The molecule has 0 aliphatic rings. The molecule has 3 heteroatoms. The fraction of sp³-hybridized carbons (Fsp3) is 0.308. The summed E-state index contributed by atoms with van der Waals surface area (Å²) in [4.78, 5) is 4.09. The van der Waals surface area contributed by atoms with Gasteiger partial charge in [0.15, 0.2) is 0 Å². The van der Waals surface area contributed by atoms with Crippen LogP contribution >= 0.6 is 11.8 Å². The Labute approximate surface area is 99.7 Å². The van der Waals surface area contributed by atoms with E-state index in [0.717, 1.165) is 28.5 Å². The van der Waals surface area contributed by atoms with Gasteiger partial charge in [0.25, 0.3) is 0 Å². The minimum absolute atomic E-state index is 0.376. The SMILES string of the molecule is CSCCC(O)c1cccc2cnccc12. The molecular weight excluding hydrogens is 218 g/mol. The monoisotopic (exact) mass is 233 g/mol. The molecule has 2 rings (SSSR count). The Morgan fingerprint density at radius 2 is 2.25 bits per heavy atom. The van der Waals surface area contributed by atoms with Gasteiger partial charge in [0.2, 0.25) is 0 Å². The molecule has 1 N–H and O–H groups in total. The normalized spacial score (nSPS) is 12.9. The Morgan fingerprint density at radius 1 is 1.38 bits per heavy atom. The second-order valence-electron chi connectivity index (χ2n) is 3.74. The van der Waals surface area contributed by atoms with Crippen molar-refractivity contribution >= 4 is 22.5 Å². The molecule has 16 heavy (non-hydrogen) atoms. The summed E-state index contributed by atoms with van der Waals surface area (Å²) in [7, 11) is 0. The molecule has 0 amide bonds. The van der Waals surface area contributed by atoms with E-state index in [0.29, 0.717) is 0 Å². The Hall–Kier alpha value is -1.06.